The van der Waals surface area contributed by atoms with Gasteiger partial charge in [0.1, 0.15) is 11.6 Å². The third kappa shape index (κ3) is 3.79. The molecule has 0 spiro atoms. The third-order valence-electron chi connectivity index (χ3n) is 5.35. The van der Waals surface area contributed by atoms with Crippen molar-refractivity contribution in [3.8, 4) is 0 Å². The number of alkyl halides is 3. The predicted molar refractivity (Wildman–Crippen MR) is 106 cm³/mol. The van der Waals surface area contributed by atoms with Crippen molar-refractivity contribution >= 4 is 22.8 Å². The number of fused-ring (bicyclic) bond motifs is 1. The normalized spacial score (nSPS) is 15.5. The summed E-state index contributed by atoms with van der Waals surface area (Å²) in [5.41, 5.74) is 5.75. The Morgan fingerprint density at radius 2 is 1.77 bits per heavy atom. The van der Waals surface area contributed by atoms with Crippen LogP contribution in [-0.2, 0) is 6.18 Å². The van der Waals surface area contributed by atoms with Crippen LogP contribution in [0.1, 0.15) is 46.2 Å². The van der Waals surface area contributed by atoms with Gasteiger partial charge < -0.3 is 10.6 Å². The maximum atomic E-state index is 13.7. The standard InChI is InChI=1S/C21H20F3N5O/c1-12-26-18(25)17-15(21(22,23)24)11-16(28-19(17)27-12)13-7-9-29(10-8-13)20(30)14-5-3-2-4-6-14/h2-6,11,13H,7-10H2,1H3,(H2,25,26,27,28). The largest absolute Gasteiger partial charge is 0.417 e. The highest BCUT2D eigenvalue weighted by molar-refractivity contribution is 5.94. The van der Waals surface area contributed by atoms with Gasteiger partial charge in [-0.05, 0) is 38.0 Å². The Morgan fingerprint density at radius 1 is 1.10 bits per heavy atom. The van der Waals surface area contributed by atoms with Crippen LogP contribution in [0, 0.1) is 6.92 Å². The Labute approximate surface area is 171 Å². The number of hydrogen-bond donors (Lipinski definition) is 1. The highest BCUT2D eigenvalue weighted by atomic mass is 19.4. The molecule has 4 rings (SSSR count). The van der Waals surface area contributed by atoms with Gasteiger partial charge in [0, 0.05) is 30.3 Å². The van der Waals surface area contributed by atoms with Gasteiger partial charge >= 0.3 is 6.18 Å². The van der Waals surface area contributed by atoms with Gasteiger partial charge in [0.05, 0.1) is 10.9 Å². The Hall–Kier alpha value is -3.23. The van der Waals surface area contributed by atoms with Gasteiger partial charge in [-0.2, -0.15) is 13.2 Å². The molecule has 30 heavy (non-hydrogen) atoms. The molecule has 0 aliphatic carbocycles. The minimum Gasteiger partial charge on any atom is -0.383 e. The summed E-state index contributed by atoms with van der Waals surface area (Å²) in [5, 5.41) is -0.270. The van der Waals surface area contributed by atoms with E-state index in [1.54, 1.807) is 36.1 Å². The molecule has 0 radical (unpaired) electrons. The number of benzene rings is 1. The average Bonchev–Trinajstić information content (AvgIpc) is 2.72. The Balaban J connectivity index is 1.62. The van der Waals surface area contributed by atoms with Gasteiger partial charge in [-0.3, -0.25) is 4.79 Å². The maximum absolute atomic E-state index is 13.7. The van der Waals surface area contributed by atoms with Crippen LogP contribution < -0.4 is 5.73 Å². The zero-order valence-corrected chi connectivity index (χ0v) is 16.3. The molecular formula is C21H20F3N5O. The van der Waals surface area contributed by atoms with Gasteiger partial charge in [-0.15, -0.1) is 0 Å². The average molecular weight is 415 g/mol. The minimum atomic E-state index is -4.60. The molecule has 9 heteroatoms. The number of piperidine rings is 1. The summed E-state index contributed by atoms with van der Waals surface area (Å²) in [7, 11) is 0. The summed E-state index contributed by atoms with van der Waals surface area (Å²) in [5.74, 6) is -0.243. The first-order chi connectivity index (χ1) is 14.2. The Bertz CT molecular complexity index is 1090. The molecule has 156 valence electrons. The monoisotopic (exact) mass is 415 g/mol. The molecule has 1 amide bonds. The number of carbonyl (C=O) groups excluding carboxylic acids is 1. The second kappa shape index (κ2) is 7.55. The van der Waals surface area contributed by atoms with Crippen LogP contribution in [0.25, 0.3) is 11.0 Å². The molecule has 1 aliphatic heterocycles. The lowest BCUT2D eigenvalue weighted by Crippen LogP contribution is -2.38. The lowest BCUT2D eigenvalue weighted by molar-refractivity contribution is -0.136. The summed E-state index contributed by atoms with van der Waals surface area (Å²) in [6.45, 7) is 2.46. The van der Waals surface area contributed by atoms with Crippen molar-refractivity contribution in [2.45, 2.75) is 31.9 Å². The van der Waals surface area contributed by atoms with Crippen LogP contribution in [0.5, 0.6) is 0 Å². The van der Waals surface area contributed by atoms with E-state index in [-0.39, 0.29) is 34.5 Å². The summed E-state index contributed by atoms with van der Waals surface area (Å²) < 4.78 is 41.1. The van der Waals surface area contributed by atoms with Gasteiger partial charge in [0.2, 0.25) is 0 Å². The number of pyridine rings is 1. The van der Waals surface area contributed by atoms with Crippen LogP contribution in [-0.4, -0.2) is 38.8 Å². The zero-order valence-electron chi connectivity index (χ0n) is 16.3. The van der Waals surface area contributed by atoms with E-state index < -0.39 is 11.7 Å². The van der Waals surface area contributed by atoms with Gasteiger partial charge in [-0.25, -0.2) is 15.0 Å². The number of likely N-dealkylation sites (tertiary alicyclic amines) is 1. The van der Waals surface area contributed by atoms with Crippen LogP contribution in [0.3, 0.4) is 0 Å². The Morgan fingerprint density at radius 3 is 2.40 bits per heavy atom. The first kappa shape index (κ1) is 20.1. The molecule has 0 atom stereocenters. The molecule has 0 saturated carbocycles. The second-order valence-corrected chi connectivity index (χ2v) is 7.38. The lowest BCUT2D eigenvalue weighted by Gasteiger charge is -2.32. The number of carbonyl (C=O) groups is 1. The van der Waals surface area contributed by atoms with Gasteiger partial charge in [0.15, 0.2) is 5.65 Å². The Kier molecular flexibility index (Phi) is 5.05. The first-order valence-electron chi connectivity index (χ1n) is 9.60. The predicted octanol–water partition coefficient (Wildman–Crippen LogP) is 3.95. The fourth-order valence-corrected chi connectivity index (χ4v) is 3.87. The van der Waals surface area contributed by atoms with Crippen molar-refractivity contribution in [3.05, 3.63) is 59.0 Å². The fraction of sp³-hybridized carbons (Fsp3) is 0.333. The summed E-state index contributed by atoms with van der Waals surface area (Å²) in [4.78, 5) is 26.7. The maximum Gasteiger partial charge on any atom is 0.417 e. The van der Waals surface area contributed by atoms with E-state index in [0.29, 0.717) is 37.2 Å². The zero-order chi connectivity index (χ0) is 21.5. The number of aromatic nitrogens is 3. The van der Waals surface area contributed by atoms with Crippen molar-refractivity contribution in [2.24, 2.45) is 0 Å². The molecule has 3 aromatic rings. The van der Waals surface area contributed by atoms with Gasteiger partial charge in [-0.1, -0.05) is 18.2 Å². The number of amides is 1. The van der Waals surface area contributed by atoms with Crippen LogP contribution >= 0.6 is 0 Å². The molecule has 2 aromatic heterocycles. The molecule has 1 fully saturated rings. The van der Waals surface area contributed by atoms with E-state index >= 15 is 0 Å². The van der Waals surface area contributed by atoms with Gasteiger partial charge in [0.25, 0.3) is 5.91 Å². The smallest absolute Gasteiger partial charge is 0.383 e. The number of nitrogens with two attached hydrogens (primary N) is 1. The highest BCUT2D eigenvalue weighted by Crippen LogP contribution is 2.39. The number of halogens is 3. The molecule has 1 aromatic carbocycles. The first-order valence-corrected chi connectivity index (χ1v) is 9.60. The second-order valence-electron chi connectivity index (χ2n) is 7.38. The van der Waals surface area contributed by atoms with Crippen LogP contribution in [0.15, 0.2) is 36.4 Å². The molecule has 0 bridgehead atoms. The molecule has 0 unspecified atom stereocenters. The van der Waals surface area contributed by atoms with Crippen LogP contribution in [0.4, 0.5) is 19.0 Å². The number of anilines is 1. The van der Waals surface area contributed by atoms with Crippen molar-refractivity contribution < 1.29 is 18.0 Å². The molecule has 6 nitrogen and oxygen atoms in total. The fourth-order valence-electron chi connectivity index (χ4n) is 3.87. The van der Waals surface area contributed by atoms with Crippen molar-refractivity contribution in [2.75, 3.05) is 18.8 Å². The third-order valence-corrected chi connectivity index (χ3v) is 5.35. The lowest BCUT2D eigenvalue weighted by atomic mass is 9.91. The van der Waals surface area contributed by atoms with Crippen molar-refractivity contribution in [3.63, 3.8) is 0 Å². The minimum absolute atomic E-state index is 0.0485. The number of aryl methyl sites for hydroxylation is 1. The molecule has 1 saturated heterocycles. The van der Waals surface area contributed by atoms with E-state index in [4.69, 9.17) is 5.73 Å². The van der Waals surface area contributed by atoms with Crippen LogP contribution in [0.2, 0.25) is 0 Å². The number of rotatable bonds is 2. The highest BCUT2D eigenvalue weighted by Gasteiger charge is 2.36. The number of nitrogen functional groups attached to an aromatic ring is 1. The molecule has 1 aliphatic rings. The summed E-state index contributed by atoms with van der Waals surface area (Å²) >= 11 is 0. The SMILES string of the molecule is Cc1nc(N)c2c(C(F)(F)F)cc(C3CCN(C(=O)c4ccccc4)CC3)nc2n1. The number of hydrogen-bond acceptors (Lipinski definition) is 5. The van der Waals surface area contributed by atoms with E-state index in [1.165, 1.54) is 0 Å². The van der Waals surface area contributed by atoms with Crippen molar-refractivity contribution in [1.82, 2.24) is 19.9 Å². The van der Waals surface area contributed by atoms with E-state index in [9.17, 15) is 18.0 Å². The quantitative estimate of drug-likeness (QED) is 0.685. The van der Waals surface area contributed by atoms with E-state index in [1.807, 2.05) is 6.07 Å². The van der Waals surface area contributed by atoms with Crippen molar-refractivity contribution in [1.29, 1.82) is 0 Å². The topological polar surface area (TPSA) is 85.0 Å². The summed E-state index contributed by atoms with van der Waals surface area (Å²) in [6.07, 6.45) is -3.56. The van der Waals surface area contributed by atoms with E-state index in [2.05, 4.69) is 15.0 Å². The van der Waals surface area contributed by atoms with E-state index in [0.717, 1.165) is 6.07 Å². The molecule has 2 N–H and O–H groups in total. The molecular weight excluding hydrogens is 395 g/mol. The molecule has 3 heterocycles. The summed E-state index contributed by atoms with van der Waals surface area (Å²) in [6, 6.07) is 9.99. The number of nitrogens with zero attached hydrogens (tertiary/aromatic N) is 4.